The number of Topliss-reactive ketones (excluding diaryl/α,β-unsaturated/α-hetero) is 1. The van der Waals surface area contributed by atoms with E-state index < -0.39 is 29.3 Å². The van der Waals surface area contributed by atoms with Gasteiger partial charge in [0.05, 0.1) is 0 Å². The average Bonchev–Trinajstić information content (AvgIpc) is 3.00. The molecular weight excluding hydrogens is 572 g/mol. The van der Waals surface area contributed by atoms with Crippen LogP contribution in [-0.4, -0.2) is 73.8 Å². The van der Waals surface area contributed by atoms with Crippen LogP contribution in [0, 0.1) is 23.3 Å². The number of anilines is 1. The molecule has 0 spiro atoms. The Bertz CT molecular complexity index is 1510. The van der Waals surface area contributed by atoms with Crippen molar-refractivity contribution < 1.29 is 27.2 Å². The van der Waals surface area contributed by atoms with Crippen molar-refractivity contribution in [3.8, 4) is 0 Å². The molecule has 5 rings (SSSR count). The Morgan fingerprint density at radius 1 is 0.795 bits per heavy atom. The quantitative estimate of drug-likeness (QED) is 0.261. The zero-order chi connectivity index (χ0) is 31.2. The summed E-state index contributed by atoms with van der Waals surface area (Å²) in [5, 5.41) is 6.35. The van der Waals surface area contributed by atoms with Crippen LogP contribution in [-0.2, 0) is 4.79 Å². The van der Waals surface area contributed by atoms with E-state index in [2.05, 4.69) is 27.5 Å². The van der Waals surface area contributed by atoms with Gasteiger partial charge in [-0.1, -0.05) is 12.1 Å². The van der Waals surface area contributed by atoms with Crippen molar-refractivity contribution in [3.05, 3.63) is 112 Å². The molecule has 3 aromatic carbocycles. The van der Waals surface area contributed by atoms with Crippen LogP contribution >= 0.6 is 0 Å². The lowest BCUT2D eigenvalue weighted by Gasteiger charge is -2.32. The van der Waals surface area contributed by atoms with E-state index in [-0.39, 0.29) is 46.8 Å². The van der Waals surface area contributed by atoms with Crippen LogP contribution in [0.1, 0.15) is 34.3 Å². The number of likely N-dealkylation sites (N-methyl/N-ethyl adjacent to an activating group) is 1. The number of nitrogens with zero attached hydrogens (tertiary/aromatic N) is 2. The number of piperazine rings is 1. The van der Waals surface area contributed by atoms with Crippen molar-refractivity contribution in [1.29, 1.82) is 0 Å². The highest BCUT2D eigenvalue weighted by Gasteiger charge is 2.29. The lowest BCUT2D eigenvalue weighted by atomic mass is 9.83. The lowest BCUT2D eigenvalue weighted by Crippen LogP contribution is -2.45. The van der Waals surface area contributed by atoms with Gasteiger partial charge in [-0.25, -0.2) is 17.6 Å². The molecule has 3 aromatic rings. The maximum absolute atomic E-state index is 13.9. The molecule has 0 unspecified atom stereocenters. The summed E-state index contributed by atoms with van der Waals surface area (Å²) in [6.45, 7) is 5.91. The first-order chi connectivity index (χ1) is 21.1. The standard InChI is InChI=1S/C34H34F4N4O2/c1-41-12-14-42(15-13-41)11-10-39-27-6-4-24(5-7-27)34(44)40-28-20-25(16-22-2-8-29(35)31(37)18-22)33(43)26(21-28)17-23-3-9-30(36)32(38)19-23/h2-9,16-19,28,39H,10-15,20-21H2,1H3,(H,40,44)/b25-16+,26-17+. The summed E-state index contributed by atoms with van der Waals surface area (Å²) in [4.78, 5) is 31.3. The summed E-state index contributed by atoms with van der Waals surface area (Å²) in [5.74, 6) is -4.85. The first kappa shape index (κ1) is 31.2. The first-order valence-corrected chi connectivity index (χ1v) is 14.6. The normalized spacial score (nSPS) is 19.8. The van der Waals surface area contributed by atoms with Gasteiger partial charge in [0.2, 0.25) is 0 Å². The fourth-order valence-corrected chi connectivity index (χ4v) is 5.39. The van der Waals surface area contributed by atoms with Gasteiger partial charge in [-0.2, -0.15) is 0 Å². The third kappa shape index (κ3) is 8.00. The van der Waals surface area contributed by atoms with Crippen LogP contribution in [0.2, 0.25) is 0 Å². The number of halogens is 4. The Balaban J connectivity index is 1.28. The number of ketones is 1. The number of carbonyl (C=O) groups excluding carboxylic acids is 2. The van der Waals surface area contributed by atoms with E-state index >= 15 is 0 Å². The highest BCUT2D eigenvalue weighted by atomic mass is 19.2. The molecule has 1 aliphatic heterocycles. The number of carbonyl (C=O) groups is 2. The van der Waals surface area contributed by atoms with Gasteiger partial charge >= 0.3 is 0 Å². The van der Waals surface area contributed by atoms with Crippen molar-refractivity contribution in [2.45, 2.75) is 18.9 Å². The van der Waals surface area contributed by atoms with Gasteiger partial charge in [-0.3, -0.25) is 14.5 Å². The maximum Gasteiger partial charge on any atom is 0.251 e. The number of hydrogen-bond acceptors (Lipinski definition) is 5. The van der Waals surface area contributed by atoms with Crippen LogP contribution in [0.4, 0.5) is 23.2 Å². The van der Waals surface area contributed by atoms with Gasteiger partial charge in [-0.15, -0.1) is 0 Å². The summed E-state index contributed by atoms with van der Waals surface area (Å²) in [7, 11) is 2.12. The van der Waals surface area contributed by atoms with Gasteiger partial charge in [0.25, 0.3) is 5.91 Å². The summed E-state index contributed by atoms with van der Waals surface area (Å²) in [6, 6.07) is 13.2. The van der Waals surface area contributed by atoms with Gasteiger partial charge in [0.1, 0.15) is 0 Å². The van der Waals surface area contributed by atoms with Crippen molar-refractivity contribution in [2.75, 3.05) is 51.6 Å². The topological polar surface area (TPSA) is 64.7 Å². The number of nitrogens with one attached hydrogen (secondary N) is 2. The van der Waals surface area contributed by atoms with Crippen LogP contribution in [0.15, 0.2) is 71.8 Å². The van der Waals surface area contributed by atoms with Crippen LogP contribution in [0.5, 0.6) is 0 Å². The SMILES string of the molecule is CN1CCN(CCNc2ccc(C(=O)NC3C/C(=C\c4ccc(F)c(F)c4)C(=O)/C(=C/c4ccc(F)c(F)c4)C3)cc2)CC1. The Morgan fingerprint density at radius 2 is 1.34 bits per heavy atom. The fraction of sp³-hybridized carbons (Fsp3) is 0.294. The predicted octanol–water partition coefficient (Wildman–Crippen LogP) is 5.53. The second kappa shape index (κ2) is 14.0. The van der Waals surface area contributed by atoms with Crippen molar-refractivity contribution in [1.82, 2.24) is 15.1 Å². The summed E-state index contributed by atoms with van der Waals surface area (Å²) >= 11 is 0. The molecule has 1 saturated heterocycles. The molecule has 6 nitrogen and oxygen atoms in total. The smallest absolute Gasteiger partial charge is 0.251 e. The molecule has 2 N–H and O–H groups in total. The zero-order valence-corrected chi connectivity index (χ0v) is 24.4. The number of amides is 1. The van der Waals surface area contributed by atoms with E-state index in [0.717, 1.165) is 69.2 Å². The Hall–Kier alpha value is -4.28. The summed E-state index contributed by atoms with van der Waals surface area (Å²) in [5.41, 5.74) is 2.42. The lowest BCUT2D eigenvalue weighted by molar-refractivity contribution is -0.113. The minimum Gasteiger partial charge on any atom is -0.384 e. The van der Waals surface area contributed by atoms with Gasteiger partial charge < -0.3 is 15.5 Å². The molecule has 0 radical (unpaired) electrons. The third-order valence-electron chi connectivity index (χ3n) is 7.92. The second-order valence-electron chi connectivity index (χ2n) is 11.2. The van der Waals surface area contributed by atoms with Crippen molar-refractivity contribution in [3.63, 3.8) is 0 Å². The molecule has 0 aromatic heterocycles. The van der Waals surface area contributed by atoms with Gasteiger partial charge in [-0.05, 0) is 91.7 Å². The highest BCUT2D eigenvalue weighted by molar-refractivity contribution is 6.14. The molecule has 10 heteroatoms. The van der Waals surface area contributed by atoms with Crippen molar-refractivity contribution >= 4 is 29.5 Å². The molecule has 230 valence electrons. The van der Waals surface area contributed by atoms with Crippen LogP contribution < -0.4 is 10.6 Å². The average molecular weight is 607 g/mol. The van der Waals surface area contributed by atoms with E-state index in [9.17, 15) is 27.2 Å². The third-order valence-corrected chi connectivity index (χ3v) is 7.92. The number of benzene rings is 3. The molecule has 1 saturated carbocycles. The molecular formula is C34H34F4N4O2. The Morgan fingerprint density at radius 3 is 1.86 bits per heavy atom. The Labute approximate surface area is 254 Å². The minimum atomic E-state index is -1.05. The molecule has 2 aliphatic rings. The van der Waals surface area contributed by atoms with E-state index in [1.54, 1.807) is 12.1 Å². The molecule has 1 heterocycles. The summed E-state index contributed by atoms with van der Waals surface area (Å²) in [6.07, 6.45) is 3.19. The molecule has 1 amide bonds. The second-order valence-corrected chi connectivity index (χ2v) is 11.2. The number of hydrogen-bond donors (Lipinski definition) is 2. The molecule has 1 aliphatic carbocycles. The van der Waals surface area contributed by atoms with Crippen LogP contribution in [0.3, 0.4) is 0 Å². The molecule has 2 fully saturated rings. The molecule has 0 bridgehead atoms. The highest BCUT2D eigenvalue weighted by Crippen LogP contribution is 2.29. The Kier molecular flexibility index (Phi) is 9.92. The first-order valence-electron chi connectivity index (χ1n) is 14.6. The van der Waals surface area contributed by atoms with Crippen LogP contribution in [0.25, 0.3) is 12.2 Å². The molecule has 0 atom stereocenters. The monoisotopic (exact) mass is 606 g/mol. The number of rotatable bonds is 8. The largest absolute Gasteiger partial charge is 0.384 e. The minimum absolute atomic E-state index is 0.143. The van der Waals surface area contributed by atoms with E-state index in [4.69, 9.17) is 0 Å². The zero-order valence-electron chi connectivity index (χ0n) is 24.4. The fourth-order valence-electron chi connectivity index (χ4n) is 5.39. The van der Waals surface area contributed by atoms with Gasteiger partial charge in [0, 0.05) is 67.7 Å². The maximum atomic E-state index is 13.9. The van der Waals surface area contributed by atoms with E-state index in [0.29, 0.717) is 5.56 Å². The van der Waals surface area contributed by atoms with E-state index in [1.165, 1.54) is 24.3 Å². The molecule has 44 heavy (non-hydrogen) atoms. The van der Waals surface area contributed by atoms with E-state index in [1.807, 2.05) is 12.1 Å². The predicted molar refractivity (Wildman–Crippen MR) is 163 cm³/mol. The van der Waals surface area contributed by atoms with Gasteiger partial charge in [0.15, 0.2) is 29.1 Å². The summed E-state index contributed by atoms with van der Waals surface area (Å²) < 4.78 is 54.7. The van der Waals surface area contributed by atoms with Crippen molar-refractivity contribution in [2.24, 2.45) is 0 Å².